The first-order valence-electron chi connectivity index (χ1n) is 6.19. The predicted octanol–water partition coefficient (Wildman–Crippen LogP) is 2.00. The van der Waals surface area contributed by atoms with Gasteiger partial charge in [0.2, 0.25) is 0 Å². The van der Waals surface area contributed by atoms with E-state index in [2.05, 4.69) is 0 Å². The Morgan fingerprint density at radius 2 is 2.28 bits per heavy atom. The van der Waals surface area contributed by atoms with Gasteiger partial charge >= 0.3 is 5.97 Å². The number of carbonyl (C=O) groups excluding carboxylic acids is 1. The lowest BCUT2D eigenvalue weighted by atomic mass is 10.1. The van der Waals surface area contributed by atoms with Crippen molar-refractivity contribution in [2.75, 3.05) is 6.61 Å². The molecule has 0 saturated heterocycles. The zero-order chi connectivity index (χ0) is 13.1. The zero-order valence-corrected chi connectivity index (χ0v) is 10.7. The van der Waals surface area contributed by atoms with E-state index in [-0.39, 0.29) is 24.8 Å². The highest BCUT2D eigenvalue weighted by molar-refractivity contribution is 5.71. The molecule has 0 spiro atoms. The second-order valence-electron chi connectivity index (χ2n) is 4.74. The van der Waals surface area contributed by atoms with E-state index in [1.807, 2.05) is 12.1 Å². The molecule has 0 amide bonds. The molecule has 1 aliphatic rings. The molecule has 0 unspecified atom stereocenters. The monoisotopic (exact) mass is 250 g/mol. The number of hydrogen-bond acceptors (Lipinski definition) is 4. The molecular formula is C14H18O4. The summed E-state index contributed by atoms with van der Waals surface area (Å²) in [6.45, 7) is 3.52. The van der Waals surface area contributed by atoms with Gasteiger partial charge in [-0.05, 0) is 49.9 Å². The van der Waals surface area contributed by atoms with Crippen LogP contribution in [0.5, 0.6) is 5.75 Å². The lowest BCUT2D eigenvalue weighted by Gasteiger charge is -2.10. The number of aliphatic hydroxyl groups is 1. The Balaban J connectivity index is 1.93. The second kappa shape index (κ2) is 5.40. The maximum atomic E-state index is 11.3. The summed E-state index contributed by atoms with van der Waals surface area (Å²) in [6, 6.07) is 5.51. The number of esters is 1. The Kier molecular flexibility index (Phi) is 3.87. The Morgan fingerprint density at radius 3 is 3.00 bits per heavy atom. The molecule has 0 radical (unpaired) electrons. The van der Waals surface area contributed by atoms with E-state index in [0.29, 0.717) is 5.75 Å². The highest BCUT2D eigenvalue weighted by Crippen LogP contribution is 2.33. The van der Waals surface area contributed by atoms with Crippen molar-refractivity contribution in [2.45, 2.75) is 38.9 Å². The van der Waals surface area contributed by atoms with E-state index < -0.39 is 0 Å². The normalized spacial score (nSPS) is 17.7. The number of ether oxygens (including phenoxy) is 2. The molecule has 1 N–H and O–H groups in total. The smallest absolute Gasteiger partial charge is 0.344 e. The third-order valence-corrected chi connectivity index (χ3v) is 2.88. The van der Waals surface area contributed by atoms with E-state index in [1.165, 1.54) is 0 Å². The van der Waals surface area contributed by atoms with Crippen molar-refractivity contribution in [1.29, 1.82) is 0 Å². The maximum absolute atomic E-state index is 11.3. The molecule has 1 aromatic rings. The predicted molar refractivity (Wildman–Crippen MR) is 66.4 cm³/mol. The molecule has 1 atom stereocenters. The molecule has 0 aliphatic heterocycles. The Bertz CT molecular complexity index is 439. The average Bonchev–Trinajstić information content (AvgIpc) is 2.67. The topological polar surface area (TPSA) is 55.8 Å². The van der Waals surface area contributed by atoms with Gasteiger partial charge in [-0.15, -0.1) is 0 Å². The number of aliphatic hydroxyl groups excluding tert-OH is 1. The van der Waals surface area contributed by atoms with Gasteiger partial charge in [0.1, 0.15) is 5.75 Å². The summed E-state index contributed by atoms with van der Waals surface area (Å²) < 4.78 is 10.4. The first-order valence-corrected chi connectivity index (χ1v) is 6.19. The van der Waals surface area contributed by atoms with Crippen molar-refractivity contribution in [1.82, 2.24) is 0 Å². The third kappa shape index (κ3) is 3.01. The van der Waals surface area contributed by atoms with Gasteiger partial charge in [-0.2, -0.15) is 0 Å². The highest BCUT2D eigenvalue weighted by Gasteiger charge is 2.20. The fraction of sp³-hybridized carbons (Fsp3) is 0.500. The Morgan fingerprint density at radius 1 is 1.50 bits per heavy atom. The summed E-state index contributed by atoms with van der Waals surface area (Å²) in [6.07, 6.45) is 1.12. The van der Waals surface area contributed by atoms with E-state index in [0.717, 1.165) is 24.0 Å². The number of fused-ring (bicyclic) bond motifs is 1. The zero-order valence-electron chi connectivity index (χ0n) is 10.7. The van der Waals surface area contributed by atoms with Gasteiger partial charge in [0.05, 0.1) is 12.2 Å². The average molecular weight is 250 g/mol. The lowest BCUT2D eigenvalue weighted by Crippen LogP contribution is -2.18. The van der Waals surface area contributed by atoms with Crippen LogP contribution in [0, 0.1) is 0 Å². The van der Waals surface area contributed by atoms with Crippen molar-refractivity contribution < 1.29 is 19.4 Å². The molecule has 1 aromatic carbocycles. The first kappa shape index (κ1) is 12.9. The quantitative estimate of drug-likeness (QED) is 0.830. The minimum absolute atomic E-state index is 0.0838. The number of rotatable bonds is 4. The Hall–Kier alpha value is -1.55. The molecule has 4 nitrogen and oxygen atoms in total. The van der Waals surface area contributed by atoms with Crippen molar-refractivity contribution in [3.05, 3.63) is 29.3 Å². The fourth-order valence-corrected chi connectivity index (χ4v) is 2.10. The molecule has 0 aromatic heterocycles. The van der Waals surface area contributed by atoms with Crippen LogP contribution in [-0.4, -0.2) is 23.8 Å². The van der Waals surface area contributed by atoms with Gasteiger partial charge in [-0.3, -0.25) is 0 Å². The molecule has 0 saturated carbocycles. The van der Waals surface area contributed by atoms with Crippen LogP contribution in [0.3, 0.4) is 0 Å². The van der Waals surface area contributed by atoms with Crippen LogP contribution in [0.15, 0.2) is 18.2 Å². The van der Waals surface area contributed by atoms with Gasteiger partial charge in [-0.1, -0.05) is 6.07 Å². The highest BCUT2D eigenvalue weighted by atomic mass is 16.6. The molecule has 98 valence electrons. The van der Waals surface area contributed by atoms with Crippen LogP contribution < -0.4 is 4.74 Å². The lowest BCUT2D eigenvalue weighted by molar-refractivity contribution is -0.149. The van der Waals surface area contributed by atoms with Crippen molar-refractivity contribution in [3.8, 4) is 5.75 Å². The largest absolute Gasteiger partial charge is 0.482 e. The third-order valence-electron chi connectivity index (χ3n) is 2.88. The van der Waals surface area contributed by atoms with Gasteiger partial charge in [0.15, 0.2) is 6.61 Å². The Labute approximate surface area is 107 Å². The van der Waals surface area contributed by atoms with E-state index in [4.69, 9.17) is 9.47 Å². The number of benzene rings is 1. The maximum Gasteiger partial charge on any atom is 0.344 e. The van der Waals surface area contributed by atoms with Crippen LogP contribution in [0.2, 0.25) is 0 Å². The van der Waals surface area contributed by atoms with Crippen LogP contribution in [-0.2, 0) is 16.0 Å². The number of hydrogen-bond donors (Lipinski definition) is 1. The van der Waals surface area contributed by atoms with E-state index in [9.17, 15) is 9.90 Å². The summed E-state index contributed by atoms with van der Waals surface area (Å²) >= 11 is 0. The molecule has 1 aliphatic carbocycles. The first-order chi connectivity index (χ1) is 8.56. The van der Waals surface area contributed by atoms with Gasteiger partial charge in [0, 0.05) is 0 Å². The molecule has 2 rings (SSSR count). The van der Waals surface area contributed by atoms with Crippen LogP contribution in [0.4, 0.5) is 0 Å². The van der Waals surface area contributed by atoms with Gasteiger partial charge in [-0.25, -0.2) is 4.79 Å². The summed E-state index contributed by atoms with van der Waals surface area (Å²) in [5.41, 5.74) is 2.06. The summed E-state index contributed by atoms with van der Waals surface area (Å²) in [4.78, 5) is 11.3. The molecule has 0 heterocycles. The van der Waals surface area contributed by atoms with Crippen molar-refractivity contribution in [3.63, 3.8) is 0 Å². The van der Waals surface area contributed by atoms with Crippen LogP contribution in [0.25, 0.3) is 0 Å². The standard InChI is InChI=1S/C14H18O4/c1-9(2)18-14(16)8-17-11-4-5-12-10(7-11)3-6-13(12)15/h4-5,7,9,13,15H,3,6,8H2,1-2H3/t13-/m1/s1. The fourth-order valence-electron chi connectivity index (χ4n) is 2.10. The summed E-state index contributed by atoms with van der Waals surface area (Å²) in [5.74, 6) is 0.272. The minimum Gasteiger partial charge on any atom is -0.482 e. The molecular weight excluding hydrogens is 232 g/mol. The molecule has 18 heavy (non-hydrogen) atoms. The minimum atomic E-state index is -0.370. The molecule has 4 heteroatoms. The molecule has 0 fully saturated rings. The SMILES string of the molecule is CC(C)OC(=O)COc1ccc2c(c1)CC[C@H]2O. The van der Waals surface area contributed by atoms with Crippen LogP contribution >= 0.6 is 0 Å². The number of aryl methyl sites for hydroxylation is 1. The van der Waals surface area contributed by atoms with Crippen molar-refractivity contribution in [2.24, 2.45) is 0 Å². The van der Waals surface area contributed by atoms with Crippen LogP contribution in [0.1, 0.15) is 37.5 Å². The van der Waals surface area contributed by atoms with E-state index in [1.54, 1.807) is 19.9 Å². The van der Waals surface area contributed by atoms with Gasteiger partial charge < -0.3 is 14.6 Å². The summed E-state index contributed by atoms with van der Waals surface area (Å²) in [5, 5.41) is 9.67. The summed E-state index contributed by atoms with van der Waals surface area (Å²) in [7, 11) is 0. The van der Waals surface area contributed by atoms with E-state index >= 15 is 0 Å². The van der Waals surface area contributed by atoms with Gasteiger partial charge in [0.25, 0.3) is 0 Å². The second-order valence-corrected chi connectivity index (χ2v) is 4.74. The molecule has 0 bridgehead atoms. The number of carbonyl (C=O) groups is 1. The van der Waals surface area contributed by atoms with Crippen molar-refractivity contribution >= 4 is 5.97 Å².